The lowest BCUT2D eigenvalue weighted by Gasteiger charge is -2.21. The smallest absolute Gasteiger partial charge is 0.265 e. The highest BCUT2D eigenvalue weighted by molar-refractivity contribution is 6.35. The number of benzene rings is 1. The second kappa shape index (κ2) is 11.1. The zero-order valence-electron chi connectivity index (χ0n) is 14.1. The molecule has 0 bridgehead atoms. The Hall–Kier alpha value is -1.66. The molecule has 1 N–H and O–H groups in total. The summed E-state index contributed by atoms with van der Waals surface area (Å²) in [5.41, 5.74) is 0.916. The van der Waals surface area contributed by atoms with Gasteiger partial charge < -0.3 is 5.11 Å². The van der Waals surface area contributed by atoms with Crippen LogP contribution >= 0.6 is 23.2 Å². The molecule has 0 radical (unpaired) electrons. The Morgan fingerprint density at radius 1 is 1.48 bits per heavy atom. The van der Waals surface area contributed by atoms with E-state index in [1.807, 2.05) is 18.0 Å². The molecule has 136 valence electrons. The van der Waals surface area contributed by atoms with Gasteiger partial charge in [0.2, 0.25) is 0 Å². The van der Waals surface area contributed by atoms with Gasteiger partial charge in [-0.15, -0.1) is 0 Å². The second-order valence-corrected chi connectivity index (χ2v) is 6.49. The summed E-state index contributed by atoms with van der Waals surface area (Å²) in [6.45, 7) is 4.49. The van der Waals surface area contributed by atoms with Gasteiger partial charge in [-0.05, 0) is 43.7 Å². The van der Waals surface area contributed by atoms with Gasteiger partial charge in [0, 0.05) is 29.2 Å². The molecule has 1 aromatic rings. The van der Waals surface area contributed by atoms with Crippen molar-refractivity contribution in [2.24, 2.45) is 0 Å². The van der Waals surface area contributed by atoms with Crippen LogP contribution in [0.15, 0.2) is 54.8 Å². The molecule has 1 atom stereocenters. The Kier molecular flexibility index (Phi) is 9.45. The molecule has 1 aromatic carbocycles. The number of halogens is 2. The SMILES string of the molecule is C=C/C=C\C(=C/CCC(O)CN(C)Cc1ccc(Cl)cc1Cl)[N+](=O)[O-]. The predicted octanol–water partition coefficient (Wildman–Crippen LogP) is 4.47. The predicted molar refractivity (Wildman–Crippen MR) is 102 cm³/mol. The van der Waals surface area contributed by atoms with E-state index >= 15 is 0 Å². The van der Waals surface area contributed by atoms with Gasteiger partial charge in [0.05, 0.1) is 11.0 Å². The highest BCUT2D eigenvalue weighted by Gasteiger charge is 2.11. The first-order valence-electron chi connectivity index (χ1n) is 7.77. The second-order valence-electron chi connectivity index (χ2n) is 5.64. The molecule has 7 heteroatoms. The highest BCUT2D eigenvalue weighted by atomic mass is 35.5. The van der Waals surface area contributed by atoms with E-state index < -0.39 is 11.0 Å². The van der Waals surface area contributed by atoms with Crippen LogP contribution in [0.5, 0.6) is 0 Å². The Balaban J connectivity index is 2.49. The van der Waals surface area contributed by atoms with Crippen LogP contribution in [0.4, 0.5) is 0 Å². The highest BCUT2D eigenvalue weighted by Crippen LogP contribution is 2.22. The number of hydrogen-bond acceptors (Lipinski definition) is 4. The van der Waals surface area contributed by atoms with Crippen LogP contribution in [-0.2, 0) is 6.54 Å². The average Bonchev–Trinajstić information content (AvgIpc) is 2.53. The molecular weight excluding hydrogens is 363 g/mol. The van der Waals surface area contributed by atoms with E-state index in [0.717, 1.165) is 5.56 Å². The summed E-state index contributed by atoms with van der Waals surface area (Å²) < 4.78 is 0. The molecule has 0 saturated carbocycles. The quantitative estimate of drug-likeness (QED) is 0.367. The first-order valence-corrected chi connectivity index (χ1v) is 8.53. The van der Waals surface area contributed by atoms with Crippen molar-refractivity contribution in [2.75, 3.05) is 13.6 Å². The summed E-state index contributed by atoms with van der Waals surface area (Å²) in [4.78, 5) is 12.4. The molecule has 5 nitrogen and oxygen atoms in total. The molecule has 0 aliphatic heterocycles. The van der Waals surface area contributed by atoms with Crippen LogP contribution in [0.25, 0.3) is 0 Å². The molecular formula is C18H22Cl2N2O3. The Morgan fingerprint density at radius 3 is 2.80 bits per heavy atom. The number of nitrogens with zero attached hydrogens (tertiary/aromatic N) is 2. The summed E-state index contributed by atoms with van der Waals surface area (Å²) in [5.74, 6) is 0. The molecule has 0 saturated heterocycles. The molecule has 25 heavy (non-hydrogen) atoms. The van der Waals surface area contributed by atoms with Crippen molar-refractivity contribution in [3.63, 3.8) is 0 Å². The number of likely N-dealkylation sites (N-methyl/N-ethyl adjacent to an activating group) is 1. The van der Waals surface area contributed by atoms with Gasteiger partial charge in [-0.3, -0.25) is 15.0 Å². The zero-order chi connectivity index (χ0) is 18.8. The summed E-state index contributed by atoms with van der Waals surface area (Å²) in [7, 11) is 1.87. The lowest BCUT2D eigenvalue weighted by Crippen LogP contribution is -2.28. The van der Waals surface area contributed by atoms with Crippen molar-refractivity contribution >= 4 is 23.2 Å². The Labute approximate surface area is 158 Å². The van der Waals surface area contributed by atoms with Crippen LogP contribution in [0.2, 0.25) is 10.0 Å². The van der Waals surface area contributed by atoms with Gasteiger partial charge in [-0.2, -0.15) is 0 Å². The molecule has 0 spiro atoms. The average molecular weight is 385 g/mol. The first-order chi connectivity index (χ1) is 11.8. The molecule has 0 aliphatic rings. The van der Waals surface area contributed by atoms with Crippen molar-refractivity contribution in [1.82, 2.24) is 4.90 Å². The van der Waals surface area contributed by atoms with E-state index in [1.54, 1.807) is 12.1 Å². The standard InChI is InChI=1S/C18H22Cl2N2O3/c1-3-4-6-16(22(24)25)7-5-8-17(23)13-21(2)12-14-9-10-15(19)11-18(14)20/h3-4,6-7,9-11,17,23H,1,5,8,12-13H2,2H3/b6-4-,16-7+. The molecule has 0 amide bonds. The monoisotopic (exact) mass is 384 g/mol. The summed E-state index contributed by atoms with van der Waals surface area (Å²) in [6, 6.07) is 5.31. The van der Waals surface area contributed by atoms with Gasteiger partial charge >= 0.3 is 0 Å². The Bertz CT molecular complexity index is 660. The third-order valence-electron chi connectivity index (χ3n) is 3.45. The van der Waals surface area contributed by atoms with Gasteiger partial charge in [-0.1, -0.05) is 48.0 Å². The first kappa shape index (κ1) is 21.4. The number of allylic oxidation sites excluding steroid dienone is 4. The number of nitro groups is 1. The lowest BCUT2D eigenvalue weighted by molar-refractivity contribution is -0.419. The number of hydrogen-bond donors (Lipinski definition) is 1. The van der Waals surface area contributed by atoms with Crippen LogP contribution in [0, 0.1) is 10.1 Å². The van der Waals surface area contributed by atoms with Gasteiger partial charge in [-0.25, -0.2) is 0 Å². The molecule has 0 heterocycles. The largest absolute Gasteiger partial charge is 0.392 e. The van der Waals surface area contributed by atoms with Crippen molar-refractivity contribution in [3.8, 4) is 0 Å². The van der Waals surface area contributed by atoms with Gasteiger partial charge in [0.1, 0.15) is 0 Å². The van der Waals surface area contributed by atoms with E-state index in [9.17, 15) is 15.2 Å². The molecule has 0 fully saturated rings. The minimum atomic E-state index is -0.594. The fourth-order valence-electron chi connectivity index (χ4n) is 2.25. The summed E-state index contributed by atoms with van der Waals surface area (Å²) in [6.07, 6.45) is 6.11. The Morgan fingerprint density at radius 2 is 2.20 bits per heavy atom. The van der Waals surface area contributed by atoms with Crippen LogP contribution in [0.3, 0.4) is 0 Å². The molecule has 0 aliphatic carbocycles. The lowest BCUT2D eigenvalue weighted by atomic mass is 10.1. The summed E-state index contributed by atoms with van der Waals surface area (Å²) >= 11 is 12.0. The maximum Gasteiger partial charge on any atom is 0.265 e. The topological polar surface area (TPSA) is 66.6 Å². The minimum Gasteiger partial charge on any atom is -0.392 e. The normalized spacial score (nSPS) is 13.4. The van der Waals surface area contributed by atoms with Crippen molar-refractivity contribution in [2.45, 2.75) is 25.5 Å². The minimum absolute atomic E-state index is 0.00611. The maximum absolute atomic E-state index is 10.9. The molecule has 1 unspecified atom stereocenters. The van der Waals surface area contributed by atoms with E-state index in [2.05, 4.69) is 6.58 Å². The van der Waals surface area contributed by atoms with E-state index in [0.29, 0.717) is 36.0 Å². The number of aliphatic hydroxyl groups is 1. The van der Waals surface area contributed by atoms with E-state index in [-0.39, 0.29) is 5.70 Å². The van der Waals surface area contributed by atoms with Crippen molar-refractivity contribution in [3.05, 3.63) is 80.5 Å². The number of rotatable bonds is 10. The third-order valence-corrected chi connectivity index (χ3v) is 4.03. The fraction of sp³-hybridized carbons (Fsp3) is 0.333. The van der Waals surface area contributed by atoms with Crippen molar-refractivity contribution in [1.29, 1.82) is 0 Å². The molecule has 0 aromatic heterocycles. The molecule has 1 rings (SSSR count). The third kappa shape index (κ3) is 8.31. The van der Waals surface area contributed by atoms with E-state index in [4.69, 9.17) is 23.2 Å². The maximum atomic E-state index is 10.9. The van der Waals surface area contributed by atoms with Crippen LogP contribution in [0.1, 0.15) is 18.4 Å². The van der Waals surface area contributed by atoms with Crippen LogP contribution in [-0.4, -0.2) is 34.6 Å². The summed E-state index contributed by atoms with van der Waals surface area (Å²) in [5, 5.41) is 22.2. The van der Waals surface area contributed by atoms with Gasteiger partial charge in [0.25, 0.3) is 5.70 Å². The van der Waals surface area contributed by atoms with Crippen LogP contribution < -0.4 is 0 Å². The van der Waals surface area contributed by atoms with Crippen molar-refractivity contribution < 1.29 is 10.0 Å². The fourth-order valence-corrected chi connectivity index (χ4v) is 2.72. The van der Waals surface area contributed by atoms with Gasteiger partial charge in [0.15, 0.2) is 0 Å². The van der Waals surface area contributed by atoms with E-state index in [1.165, 1.54) is 24.3 Å². The number of aliphatic hydroxyl groups excluding tert-OH is 1. The zero-order valence-corrected chi connectivity index (χ0v) is 15.6.